The van der Waals surface area contributed by atoms with Gasteiger partial charge in [-0.3, -0.25) is 4.72 Å². The van der Waals surface area contributed by atoms with Crippen molar-refractivity contribution in [2.75, 3.05) is 34.7 Å². The highest BCUT2D eigenvalue weighted by Crippen LogP contribution is 2.59. The molecular weight excluding hydrogens is 462 g/mol. The van der Waals surface area contributed by atoms with E-state index in [0.29, 0.717) is 47.4 Å². The van der Waals surface area contributed by atoms with E-state index in [4.69, 9.17) is 5.73 Å². The highest BCUT2D eigenvalue weighted by atomic mass is 32.2. The molecule has 1 aromatic carbocycles. The summed E-state index contributed by atoms with van der Waals surface area (Å²) in [7, 11) is -3.29. The zero-order valence-electron chi connectivity index (χ0n) is 20.0. The van der Waals surface area contributed by atoms with E-state index < -0.39 is 10.0 Å². The van der Waals surface area contributed by atoms with Gasteiger partial charge in [0.1, 0.15) is 17.5 Å². The molecule has 1 heterocycles. The summed E-state index contributed by atoms with van der Waals surface area (Å²) >= 11 is 0. The van der Waals surface area contributed by atoms with Crippen LogP contribution in [0.1, 0.15) is 43.2 Å². The lowest BCUT2D eigenvalue weighted by Gasteiger charge is -2.59. The number of nitrogens with one attached hydrogen (secondary N) is 3. The number of hydrogen-bond acceptors (Lipinski definition) is 8. The number of sulfonamides is 1. The molecule has 2 aromatic rings. The smallest absolute Gasteiger partial charge is 0.229 e. The Balaban J connectivity index is 1.18. The molecule has 6 rings (SSSR count). The van der Waals surface area contributed by atoms with E-state index in [1.54, 1.807) is 18.3 Å². The van der Waals surface area contributed by atoms with Crippen LogP contribution in [0.3, 0.4) is 0 Å². The molecule has 4 fully saturated rings. The fraction of sp³-hybridized carbons (Fsp3) is 0.560. The third-order valence-corrected chi connectivity index (χ3v) is 8.57. The van der Waals surface area contributed by atoms with Crippen molar-refractivity contribution in [3.05, 3.63) is 41.6 Å². The van der Waals surface area contributed by atoms with Gasteiger partial charge in [-0.2, -0.15) is 10.2 Å². The lowest BCUT2D eigenvalue weighted by atomic mass is 9.48. The number of nitrogens with two attached hydrogens (primary N) is 1. The molecule has 0 aliphatic heterocycles. The summed E-state index contributed by atoms with van der Waals surface area (Å²) in [4.78, 5) is 8.91. The molecule has 0 spiro atoms. The van der Waals surface area contributed by atoms with E-state index in [9.17, 15) is 13.7 Å². The molecule has 5 atom stereocenters. The van der Waals surface area contributed by atoms with Gasteiger partial charge in [0, 0.05) is 24.8 Å². The zero-order valence-corrected chi connectivity index (χ0v) is 20.8. The van der Waals surface area contributed by atoms with Gasteiger partial charge in [0.05, 0.1) is 12.5 Å². The average molecular weight is 496 g/mol. The van der Waals surface area contributed by atoms with Crippen molar-refractivity contribution in [2.24, 2.45) is 28.9 Å². The van der Waals surface area contributed by atoms with Crippen LogP contribution in [0.15, 0.2) is 30.5 Å². The third kappa shape index (κ3) is 5.36. The molecule has 4 aliphatic carbocycles. The van der Waals surface area contributed by atoms with Gasteiger partial charge in [-0.15, -0.1) is 0 Å². The van der Waals surface area contributed by atoms with Gasteiger partial charge in [0.15, 0.2) is 0 Å². The third-order valence-electron chi connectivity index (χ3n) is 7.97. The molecule has 0 amide bonds. The Bertz CT molecular complexity index is 1210. The van der Waals surface area contributed by atoms with Crippen molar-refractivity contribution >= 4 is 27.5 Å². The topological polar surface area (TPSA) is 146 Å². The number of anilines is 3. The van der Waals surface area contributed by atoms with E-state index in [1.165, 1.54) is 32.1 Å². The fourth-order valence-corrected chi connectivity index (χ4v) is 7.24. The summed E-state index contributed by atoms with van der Waals surface area (Å²) < 4.78 is 25.1. The van der Waals surface area contributed by atoms with Crippen LogP contribution >= 0.6 is 0 Å². The van der Waals surface area contributed by atoms with Gasteiger partial charge in [-0.05, 0) is 79.4 Å². The number of rotatable bonds is 9. The van der Waals surface area contributed by atoms with Gasteiger partial charge in [-0.25, -0.2) is 13.4 Å². The minimum atomic E-state index is -3.29. The molecule has 4 bridgehead atoms. The Morgan fingerprint density at radius 1 is 1.14 bits per heavy atom. The largest absolute Gasteiger partial charge is 0.368 e. The first-order valence-electron chi connectivity index (χ1n) is 12.3. The number of hydrogen-bond donors (Lipinski definition) is 4. The summed E-state index contributed by atoms with van der Waals surface area (Å²) in [5, 5.41) is 16.3. The van der Waals surface area contributed by atoms with Crippen molar-refractivity contribution in [2.45, 2.75) is 44.6 Å². The number of nitrogens with zero attached hydrogens (tertiary/aromatic N) is 3. The second-order valence-corrected chi connectivity index (χ2v) is 12.5. The van der Waals surface area contributed by atoms with Crippen LogP contribution in [0.2, 0.25) is 0 Å². The minimum Gasteiger partial charge on any atom is -0.368 e. The Kier molecular flexibility index (Phi) is 6.32. The first-order chi connectivity index (χ1) is 16.7. The van der Waals surface area contributed by atoms with Crippen LogP contribution in [-0.2, 0) is 16.4 Å². The molecule has 186 valence electrons. The van der Waals surface area contributed by atoms with Crippen molar-refractivity contribution in [1.29, 1.82) is 5.26 Å². The van der Waals surface area contributed by atoms with Crippen LogP contribution in [0.4, 0.5) is 17.5 Å². The van der Waals surface area contributed by atoms with E-state index in [-0.39, 0.29) is 5.41 Å². The van der Waals surface area contributed by atoms with Crippen LogP contribution in [-0.4, -0.2) is 43.8 Å². The first-order valence-corrected chi connectivity index (χ1v) is 14.2. The molecule has 9 nitrogen and oxygen atoms in total. The molecule has 35 heavy (non-hydrogen) atoms. The summed E-state index contributed by atoms with van der Waals surface area (Å²) in [6.45, 7) is 1.43. The Morgan fingerprint density at radius 2 is 1.86 bits per heavy atom. The molecular formula is C25H33N7O2S. The summed E-state index contributed by atoms with van der Waals surface area (Å²) in [6.07, 6.45) is 9.57. The highest BCUT2D eigenvalue weighted by Gasteiger charge is 2.54. The van der Waals surface area contributed by atoms with Crippen LogP contribution < -0.4 is 21.1 Å². The van der Waals surface area contributed by atoms with Crippen LogP contribution in [0, 0.1) is 34.5 Å². The van der Waals surface area contributed by atoms with Crippen molar-refractivity contribution in [3.8, 4) is 6.07 Å². The van der Waals surface area contributed by atoms with Gasteiger partial charge in [0.25, 0.3) is 0 Å². The molecule has 1 aromatic heterocycles. The maximum Gasteiger partial charge on any atom is 0.229 e. The van der Waals surface area contributed by atoms with Crippen LogP contribution in [0.25, 0.3) is 0 Å². The summed E-state index contributed by atoms with van der Waals surface area (Å²) in [6, 6.07) is 9.83. The number of benzene rings is 1. The first kappa shape index (κ1) is 23.8. The van der Waals surface area contributed by atoms with E-state index in [2.05, 4.69) is 31.4 Å². The van der Waals surface area contributed by atoms with Crippen molar-refractivity contribution < 1.29 is 8.42 Å². The Morgan fingerprint density at radius 3 is 2.51 bits per heavy atom. The molecule has 1 unspecified atom stereocenters. The number of nitriles is 1. The SMILES string of the molecule is CS(=O)(=O)Nc1ccc(CCNc2ncc(C#N)c(NC[C@]34CC5C[C@H](C3)[C@@H](N)[C@@H](C5)C4)n2)cc1. The minimum absolute atomic E-state index is 0.260. The number of aromatic nitrogens is 2. The van der Waals surface area contributed by atoms with Gasteiger partial charge in [0.2, 0.25) is 16.0 Å². The monoisotopic (exact) mass is 495 g/mol. The van der Waals surface area contributed by atoms with Gasteiger partial charge >= 0.3 is 0 Å². The normalized spacial score (nSPS) is 28.9. The summed E-state index contributed by atoms with van der Waals surface area (Å²) in [5.74, 6) is 3.13. The maximum atomic E-state index is 11.3. The molecule has 10 heteroatoms. The molecule has 4 aliphatic rings. The maximum absolute atomic E-state index is 11.3. The van der Waals surface area contributed by atoms with Crippen molar-refractivity contribution in [1.82, 2.24) is 9.97 Å². The van der Waals surface area contributed by atoms with E-state index >= 15 is 0 Å². The molecule has 4 saturated carbocycles. The van der Waals surface area contributed by atoms with Gasteiger partial charge < -0.3 is 16.4 Å². The second kappa shape index (κ2) is 9.28. The molecule has 0 radical (unpaired) electrons. The Hall–Kier alpha value is -2.90. The fourth-order valence-electron chi connectivity index (χ4n) is 6.68. The van der Waals surface area contributed by atoms with E-state index in [1.807, 2.05) is 12.1 Å². The average Bonchev–Trinajstić information content (AvgIpc) is 2.81. The van der Waals surface area contributed by atoms with E-state index in [0.717, 1.165) is 30.7 Å². The Labute approximate surface area is 207 Å². The van der Waals surface area contributed by atoms with Crippen molar-refractivity contribution in [3.63, 3.8) is 0 Å². The standard InChI is InChI=1S/C25H33N7O2S/c1-35(33,34)32-21-4-2-16(3-5-21)6-7-28-24-29-14-20(13-26)23(31-24)30-15-25-10-17-8-18(11-25)22(27)19(9-17)12-25/h2-5,14,17-19,22,32H,6-12,15,27H2,1H3,(H2,28,29,30,31)/t17?,18-,19+,22-,25-. The molecule has 5 N–H and O–H groups in total. The lowest BCUT2D eigenvalue weighted by molar-refractivity contribution is -0.0591. The van der Waals surface area contributed by atoms with Crippen LogP contribution in [0.5, 0.6) is 0 Å². The van der Waals surface area contributed by atoms with Gasteiger partial charge in [-0.1, -0.05) is 12.1 Å². The predicted molar refractivity (Wildman–Crippen MR) is 136 cm³/mol. The lowest BCUT2D eigenvalue weighted by Crippen LogP contribution is -2.58. The second-order valence-electron chi connectivity index (χ2n) is 10.7. The predicted octanol–water partition coefficient (Wildman–Crippen LogP) is 2.94. The quantitative estimate of drug-likeness (QED) is 0.415. The zero-order chi connectivity index (χ0) is 24.6. The summed E-state index contributed by atoms with van der Waals surface area (Å²) in [5.41, 5.74) is 8.81. The molecule has 0 saturated heterocycles. The highest BCUT2D eigenvalue weighted by molar-refractivity contribution is 7.92.